The van der Waals surface area contributed by atoms with Gasteiger partial charge in [-0.2, -0.15) is 0 Å². The Morgan fingerprint density at radius 3 is 2.71 bits per heavy atom. The monoisotopic (exact) mass is 228 g/mol. The molecule has 17 heavy (non-hydrogen) atoms. The van der Waals surface area contributed by atoms with E-state index in [0.717, 1.165) is 28.3 Å². The number of ether oxygens (including phenoxy) is 1. The molecule has 3 nitrogen and oxygen atoms in total. The second kappa shape index (κ2) is 4.97. The zero-order valence-corrected chi connectivity index (χ0v) is 10.1. The first-order valence-electron chi connectivity index (χ1n) is 5.59. The number of aromatic nitrogens is 1. The zero-order chi connectivity index (χ0) is 12.3. The molecule has 2 aromatic rings. The van der Waals surface area contributed by atoms with Gasteiger partial charge in [-0.05, 0) is 37.1 Å². The molecule has 1 aromatic heterocycles. The van der Waals surface area contributed by atoms with Gasteiger partial charge in [0.1, 0.15) is 11.5 Å². The summed E-state index contributed by atoms with van der Waals surface area (Å²) in [6.45, 7) is 4.48. The van der Waals surface area contributed by atoms with E-state index in [9.17, 15) is 0 Å². The highest BCUT2D eigenvalue weighted by Crippen LogP contribution is 2.26. The molecule has 2 rings (SSSR count). The summed E-state index contributed by atoms with van der Waals surface area (Å²) in [7, 11) is 0. The molecule has 0 spiro atoms. The molecule has 0 unspecified atom stereocenters. The van der Waals surface area contributed by atoms with E-state index < -0.39 is 0 Å². The molecule has 2 N–H and O–H groups in total. The summed E-state index contributed by atoms with van der Waals surface area (Å²) < 4.78 is 5.84. The summed E-state index contributed by atoms with van der Waals surface area (Å²) in [5.74, 6) is 1.65. The first-order valence-corrected chi connectivity index (χ1v) is 5.59. The molecule has 0 bridgehead atoms. The Kier molecular flexibility index (Phi) is 3.40. The van der Waals surface area contributed by atoms with Crippen molar-refractivity contribution >= 4 is 0 Å². The molecule has 0 aliphatic rings. The molecule has 0 atom stereocenters. The van der Waals surface area contributed by atoms with Crippen LogP contribution >= 0.6 is 0 Å². The summed E-state index contributed by atoms with van der Waals surface area (Å²) in [6, 6.07) is 9.77. The van der Waals surface area contributed by atoms with Gasteiger partial charge in [0.2, 0.25) is 0 Å². The van der Waals surface area contributed by atoms with Crippen LogP contribution in [0, 0.1) is 13.8 Å². The van der Waals surface area contributed by atoms with Crippen LogP contribution in [0.25, 0.3) is 0 Å². The summed E-state index contributed by atoms with van der Waals surface area (Å²) in [4.78, 5) is 4.14. The minimum absolute atomic E-state index is 0.520. The van der Waals surface area contributed by atoms with Crippen molar-refractivity contribution < 1.29 is 4.74 Å². The molecule has 1 heterocycles. The first kappa shape index (κ1) is 11.6. The average molecular weight is 228 g/mol. The summed E-state index contributed by atoms with van der Waals surface area (Å²) in [6.07, 6.45) is 1.74. The van der Waals surface area contributed by atoms with E-state index in [1.165, 1.54) is 0 Å². The van der Waals surface area contributed by atoms with Gasteiger partial charge in [-0.3, -0.25) is 4.98 Å². The van der Waals surface area contributed by atoms with Crippen LogP contribution < -0.4 is 10.5 Å². The van der Waals surface area contributed by atoms with Gasteiger partial charge in [-0.25, -0.2) is 0 Å². The third-order valence-corrected chi connectivity index (χ3v) is 2.58. The maximum Gasteiger partial charge on any atom is 0.130 e. The van der Waals surface area contributed by atoms with Crippen LogP contribution in [-0.2, 0) is 6.54 Å². The molecule has 0 radical (unpaired) electrons. The Morgan fingerprint density at radius 1 is 1.18 bits per heavy atom. The minimum Gasteiger partial charge on any atom is -0.457 e. The number of benzene rings is 1. The van der Waals surface area contributed by atoms with Crippen molar-refractivity contribution in [2.45, 2.75) is 20.4 Å². The van der Waals surface area contributed by atoms with Crippen molar-refractivity contribution in [2.75, 3.05) is 0 Å². The molecule has 0 aliphatic heterocycles. The maximum atomic E-state index is 5.84. The lowest BCUT2D eigenvalue weighted by molar-refractivity contribution is 0.477. The van der Waals surface area contributed by atoms with Crippen LogP contribution in [-0.4, -0.2) is 4.98 Å². The molecule has 0 saturated heterocycles. The molecule has 0 saturated carbocycles. The summed E-state index contributed by atoms with van der Waals surface area (Å²) in [5.41, 5.74) is 8.72. The Bertz CT molecular complexity index is 523. The van der Waals surface area contributed by atoms with Crippen LogP contribution in [0.5, 0.6) is 11.5 Å². The smallest absolute Gasteiger partial charge is 0.130 e. The van der Waals surface area contributed by atoms with Gasteiger partial charge in [0, 0.05) is 24.5 Å². The van der Waals surface area contributed by atoms with Gasteiger partial charge < -0.3 is 10.5 Å². The van der Waals surface area contributed by atoms with E-state index in [0.29, 0.717) is 6.54 Å². The highest BCUT2D eigenvalue weighted by molar-refractivity contribution is 5.40. The number of pyridine rings is 1. The highest BCUT2D eigenvalue weighted by Gasteiger charge is 2.03. The van der Waals surface area contributed by atoms with Crippen LogP contribution in [0.4, 0.5) is 0 Å². The van der Waals surface area contributed by atoms with Gasteiger partial charge in [-0.15, -0.1) is 0 Å². The van der Waals surface area contributed by atoms with Crippen molar-refractivity contribution in [2.24, 2.45) is 5.73 Å². The number of nitrogens with zero attached hydrogens (tertiary/aromatic N) is 1. The molecule has 0 aliphatic carbocycles. The van der Waals surface area contributed by atoms with Crippen molar-refractivity contribution in [3.8, 4) is 11.5 Å². The highest BCUT2D eigenvalue weighted by atomic mass is 16.5. The number of aryl methyl sites for hydroxylation is 2. The molecule has 0 fully saturated rings. The van der Waals surface area contributed by atoms with Gasteiger partial charge in [0.05, 0.1) is 0 Å². The van der Waals surface area contributed by atoms with Gasteiger partial charge in [0.25, 0.3) is 0 Å². The van der Waals surface area contributed by atoms with Crippen molar-refractivity contribution in [3.05, 3.63) is 53.3 Å². The minimum atomic E-state index is 0.520. The Labute approximate surface area is 101 Å². The normalized spacial score (nSPS) is 10.3. The zero-order valence-electron chi connectivity index (χ0n) is 10.1. The quantitative estimate of drug-likeness (QED) is 0.878. The van der Waals surface area contributed by atoms with E-state index in [-0.39, 0.29) is 0 Å². The molecule has 1 aromatic carbocycles. The number of rotatable bonds is 3. The Balaban J connectivity index is 2.29. The van der Waals surface area contributed by atoms with Crippen LogP contribution in [0.15, 0.2) is 36.5 Å². The lowest BCUT2D eigenvalue weighted by Gasteiger charge is -2.10. The Morgan fingerprint density at radius 2 is 2.00 bits per heavy atom. The Hall–Kier alpha value is -1.87. The third kappa shape index (κ3) is 2.82. The van der Waals surface area contributed by atoms with E-state index in [1.54, 1.807) is 6.20 Å². The predicted molar refractivity (Wildman–Crippen MR) is 68.1 cm³/mol. The van der Waals surface area contributed by atoms with Crippen LogP contribution in [0.1, 0.15) is 16.8 Å². The fraction of sp³-hybridized carbons (Fsp3) is 0.214. The first-order chi connectivity index (χ1) is 8.19. The van der Waals surface area contributed by atoms with Crippen molar-refractivity contribution in [1.29, 1.82) is 0 Å². The predicted octanol–water partition coefficient (Wildman–Crippen LogP) is 2.95. The fourth-order valence-corrected chi connectivity index (χ4v) is 1.59. The van der Waals surface area contributed by atoms with Gasteiger partial charge >= 0.3 is 0 Å². The lowest BCUT2D eigenvalue weighted by atomic mass is 10.1. The van der Waals surface area contributed by atoms with Gasteiger partial charge in [-0.1, -0.05) is 12.1 Å². The standard InChI is InChI=1S/C14H16N2O/c1-10-3-4-12(9-15)8-14(10)17-13-5-6-16-11(2)7-13/h3-8H,9,15H2,1-2H3. The van der Waals surface area contributed by atoms with E-state index in [2.05, 4.69) is 4.98 Å². The van der Waals surface area contributed by atoms with Crippen molar-refractivity contribution in [3.63, 3.8) is 0 Å². The second-order valence-corrected chi connectivity index (χ2v) is 4.04. The maximum absolute atomic E-state index is 5.84. The average Bonchev–Trinajstić information content (AvgIpc) is 2.32. The molecule has 88 valence electrons. The molecular formula is C14H16N2O. The number of hydrogen-bond acceptors (Lipinski definition) is 3. The largest absolute Gasteiger partial charge is 0.457 e. The molecule has 3 heteroatoms. The number of hydrogen-bond donors (Lipinski definition) is 1. The lowest BCUT2D eigenvalue weighted by Crippen LogP contribution is -1.97. The summed E-state index contributed by atoms with van der Waals surface area (Å²) >= 11 is 0. The molecule has 0 amide bonds. The van der Waals surface area contributed by atoms with Crippen molar-refractivity contribution in [1.82, 2.24) is 4.98 Å². The van der Waals surface area contributed by atoms with E-state index in [1.807, 2.05) is 44.2 Å². The van der Waals surface area contributed by atoms with E-state index >= 15 is 0 Å². The SMILES string of the molecule is Cc1cc(Oc2cc(CN)ccc2C)ccn1. The third-order valence-electron chi connectivity index (χ3n) is 2.58. The van der Waals surface area contributed by atoms with Gasteiger partial charge in [0.15, 0.2) is 0 Å². The van der Waals surface area contributed by atoms with E-state index in [4.69, 9.17) is 10.5 Å². The number of nitrogens with two attached hydrogens (primary N) is 1. The fourth-order valence-electron chi connectivity index (χ4n) is 1.59. The topological polar surface area (TPSA) is 48.1 Å². The second-order valence-electron chi connectivity index (χ2n) is 4.04. The van der Waals surface area contributed by atoms with Crippen LogP contribution in [0.3, 0.4) is 0 Å². The summed E-state index contributed by atoms with van der Waals surface area (Å²) in [5, 5.41) is 0. The van der Waals surface area contributed by atoms with Crippen LogP contribution in [0.2, 0.25) is 0 Å². The molecular weight excluding hydrogens is 212 g/mol.